The first kappa shape index (κ1) is 12.1. The van der Waals surface area contributed by atoms with Crippen LogP contribution in [0.25, 0.3) is 11.0 Å². The first-order chi connectivity index (χ1) is 9.20. The molecule has 0 N–H and O–H groups in total. The van der Waals surface area contributed by atoms with Gasteiger partial charge in [-0.1, -0.05) is 0 Å². The zero-order valence-corrected chi connectivity index (χ0v) is 11.2. The Bertz CT molecular complexity index is 624. The number of aryl methyl sites for hydroxylation is 1. The van der Waals surface area contributed by atoms with Gasteiger partial charge >= 0.3 is 0 Å². The van der Waals surface area contributed by atoms with Crippen LogP contribution in [0.3, 0.4) is 0 Å². The van der Waals surface area contributed by atoms with E-state index in [9.17, 15) is 4.79 Å². The van der Waals surface area contributed by atoms with Crippen molar-refractivity contribution < 1.29 is 13.9 Å². The third-order valence-corrected chi connectivity index (χ3v) is 3.68. The van der Waals surface area contributed by atoms with Gasteiger partial charge < -0.3 is 14.1 Å². The summed E-state index contributed by atoms with van der Waals surface area (Å²) in [5.74, 6) is 1.49. The molecule has 1 aromatic carbocycles. The predicted molar refractivity (Wildman–Crippen MR) is 72.6 cm³/mol. The minimum absolute atomic E-state index is 0.0713. The van der Waals surface area contributed by atoms with Crippen molar-refractivity contribution >= 4 is 16.9 Å². The number of benzene rings is 1. The number of amides is 1. The number of nitrogens with zero attached hydrogens (tertiary/aromatic N) is 1. The highest BCUT2D eigenvalue weighted by molar-refractivity contribution is 6.07. The molecule has 0 aliphatic carbocycles. The summed E-state index contributed by atoms with van der Waals surface area (Å²) in [6, 6.07) is 5.56. The van der Waals surface area contributed by atoms with Gasteiger partial charge in [0.25, 0.3) is 5.91 Å². The fraction of sp³-hybridized carbons (Fsp3) is 0.400. The van der Waals surface area contributed by atoms with Gasteiger partial charge in [0, 0.05) is 18.5 Å². The van der Waals surface area contributed by atoms with Gasteiger partial charge in [0.1, 0.15) is 17.1 Å². The van der Waals surface area contributed by atoms with E-state index in [4.69, 9.17) is 9.15 Å². The average Bonchev–Trinajstić information content (AvgIpc) is 3.03. The molecule has 1 aliphatic heterocycles. The van der Waals surface area contributed by atoms with Gasteiger partial charge in [-0.2, -0.15) is 0 Å². The van der Waals surface area contributed by atoms with Crippen LogP contribution in [0.2, 0.25) is 0 Å². The van der Waals surface area contributed by atoms with Crippen LogP contribution in [0.5, 0.6) is 5.75 Å². The van der Waals surface area contributed by atoms with Gasteiger partial charge in [-0.15, -0.1) is 0 Å². The van der Waals surface area contributed by atoms with Gasteiger partial charge in [-0.25, -0.2) is 0 Å². The zero-order valence-electron chi connectivity index (χ0n) is 11.2. The van der Waals surface area contributed by atoms with E-state index in [0.29, 0.717) is 11.3 Å². The Labute approximate surface area is 111 Å². The highest BCUT2D eigenvalue weighted by Crippen LogP contribution is 2.30. The van der Waals surface area contributed by atoms with E-state index in [2.05, 4.69) is 0 Å². The Hall–Kier alpha value is -1.97. The number of ether oxygens (including phenoxy) is 1. The summed E-state index contributed by atoms with van der Waals surface area (Å²) in [5.41, 5.74) is 1.41. The van der Waals surface area contributed by atoms with Crippen LogP contribution in [0.15, 0.2) is 22.6 Å². The van der Waals surface area contributed by atoms with Gasteiger partial charge in [0.05, 0.1) is 12.7 Å². The van der Waals surface area contributed by atoms with Crippen molar-refractivity contribution in [2.24, 2.45) is 0 Å². The van der Waals surface area contributed by atoms with Crippen LogP contribution in [-0.4, -0.2) is 31.0 Å². The lowest BCUT2D eigenvalue weighted by atomic mass is 10.1. The molecular formula is C15H17NO3. The Morgan fingerprint density at radius 2 is 2.05 bits per heavy atom. The van der Waals surface area contributed by atoms with Gasteiger partial charge in [-0.3, -0.25) is 4.79 Å². The van der Waals surface area contributed by atoms with Crippen molar-refractivity contribution in [2.45, 2.75) is 19.8 Å². The topological polar surface area (TPSA) is 42.7 Å². The number of fused-ring (bicyclic) bond motifs is 1. The van der Waals surface area contributed by atoms with Crippen LogP contribution in [0.4, 0.5) is 0 Å². The number of hydrogen-bond acceptors (Lipinski definition) is 3. The van der Waals surface area contributed by atoms with E-state index >= 15 is 0 Å². The Balaban J connectivity index is 2.10. The summed E-state index contributed by atoms with van der Waals surface area (Å²) < 4.78 is 10.9. The SMILES string of the molecule is COc1ccc2oc(C)c(C(=O)N3CCCC3)c2c1. The van der Waals surface area contributed by atoms with Crippen LogP contribution >= 0.6 is 0 Å². The maximum absolute atomic E-state index is 12.6. The minimum Gasteiger partial charge on any atom is -0.497 e. The van der Waals surface area contributed by atoms with E-state index in [1.165, 1.54) is 0 Å². The quantitative estimate of drug-likeness (QED) is 0.832. The Morgan fingerprint density at radius 1 is 1.32 bits per heavy atom. The van der Waals surface area contributed by atoms with E-state index in [1.54, 1.807) is 7.11 Å². The molecule has 1 saturated heterocycles. The molecule has 2 heterocycles. The summed E-state index contributed by atoms with van der Waals surface area (Å²) in [5, 5.41) is 0.841. The monoisotopic (exact) mass is 259 g/mol. The molecule has 19 heavy (non-hydrogen) atoms. The standard InChI is InChI=1S/C15H17NO3/c1-10-14(15(17)16-7-3-4-8-16)12-9-11(18-2)5-6-13(12)19-10/h5-6,9H,3-4,7-8H2,1-2H3. The number of hydrogen-bond donors (Lipinski definition) is 0. The molecule has 0 bridgehead atoms. The van der Waals surface area contributed by atoms with Crippen LogP contribution in [0.1, 0.15) is 29.0 Å². The minimum atomic E-state index is 0.0713. The van der Waals surface area contributed by atoms with Gasteiger partial charge in [0.15, 0.2) is 0 Å². The second-order valence-corrected chi connectivity index (χ2v) is 4.89. The first-order valence-corrected chi connectivity index (χ1v) is 6.57. The highest BCUT2D eigenvalue weighted by atomic mass is 16.5. The molecule has 0 saturated carbocycles. The maximum atomic E-state index is 12.6. The van der Waals surface area contributed by atoms with Crippen molar-refractivity contribution in [3.05, 3.63) is 29.5 Å². The molecule has 1 aliphatic rings. The molecule has 4 heteroatoms. The number of methoxy groups -OCH3 is 1. The van der Waals surface area contributed by atoms with Crippen molar-refractivity contribution in [3.63, 3.8) is 0 Å². The molecule has 100 valence electrons. The lowest BCUT2D eigenvalue weighted by Gasteiger charge is -2.14. The summed E-state index contributed by atoms with van der Waals surface area (Å²) in [4.78, 5) is 14.5. The average molecular weight is 259 g/mol. The third-order valence-electron chi connectivity index (χ3n) is 3.68. The van der Waals surface area contributed by atoms with Crippen molar-refractivity contribution in [3.8, 4) is 5.75 Å². The van der Waals surface area contributed by atoms with Gasteiger partial charge in [0.2, 0.25) is 0 Å². The maximum Gasteiger partial charge on any atom is 0.258 e. The highest BCUT2D eigenvalue weighted by Gasteiger charge is 2.25. The molecule has 2 aromatic rings. The molecule has 1 amide bonds. The number of rotatable bonds is 2. The van der Waals surface area contributed by atoms with E-state index in [0.717, 1.165) is 42.6 Å². The molecule has 0 spiro atoms. The fourth-order valence-corrected chi connectivity index (χ4v) is 2.67. The van der Waals surface area contributed by atoms with E-state index < -0.39 is 0 Å². The molecule has 0 atom stereocenters. The molecule has 0 unspecified atom stereocenters. The first-order valence-electron chi connectivity index (χ1n) is 6.57. The van der Waals surface area contributed by atoms with Crippen molar-refractivity contribution in [1.82, 2.24) is 4.90 Å². The molecule has 0 radical (unpaired) electrons. The third kappa shape index (κ3) is 1.97. The van der Waals surface area contributed by atoms with Gasteiger partial charge in [-0.05, 0) is 38.0 Å². The van der Waals surface area contributed by atoms with Crippen LogP contribution in [-0.2, 0) is 0 Å². The van der Waals surface area contributed by atoms with E-state index in [1.807, 2.05) is 30.0 Å². The number of likely N-dealkylation sites (tertiary alicyclic amines) is 1. The number of carbonyl (C=O) groups excluding carboxylic acids is 1. The smallest absolute Gasteiger partial charge is 0.258 e. The summed E-state index contributed by atoms with van der Waals surface area (Å²) in [6.07, 6.45) is 2.17. The second kappa shape index (κ2) is 4.61. The number of carbonyl (C=O) groups is 1. The summed E-state index contributed by atoms with van der Waals surface area (Å²) >= 11 is 0. The Kier molecular flexibility index (Phi) is 2.93. The van der Waals surface area contributed by atoms with Crippen molar-refractivity contribution in [2.75, 3.05) is 20.2 Å². The largest absolute Gasteiger partial charge is 0.497 e. The summed E-state index contributed by atoms with van der Waals surface area (Å²) in [6.45, 7) is 3.53. The molecule has 1 aromatic heterocycles. The van der Waals surface area contributed by atoms with Crippen molar-refractivity contribution in [1.29, 1.82) is 0 Å². The molecule has 4 nitrogen and oxygen atoms in total. The molecule has 1 fully saturated rings. The lowest BCUT2D eigenvalue weighted by molar-refractivity contribution is 0.0793. The fourth-order valence-electron chi connectivity index (χ4n) is 2.67. The van der Waals surface area contributed by atoms with E-state index in [-0.39, 0.29) is 5.91 Å². The zero-order chi connectivity index (χ0) is 13.4. The second-order valence-electron chi connectivity index (χ2n) is 4.89. The normalized spacial score (nSPS) is 15.2. The number of furan rings is 1. The van der Waals surface area contributed by atoms with Crippen LogP contribution in [0, 0.1) is 6.92 Å². The summed E-state index contributed by atoms with van der Waals surface area (Å²) in [7, 11) is 1.62. The lowest BCUT2D eigenvalue weighted by Crippen LogP contribution is -2.27. The predicted octanol–water partition coefficient (Wildman–Crippen LogP) is 2.99. The Morgan fingerprint density at radius 3 is 2.74 bits per heavy atom. The molecule has 3 rings (SSSR count). The molecular weight excluding hydrogens is 242 g/mol. The van der Waals surface area contributed by atoms with Crippen LogP contribution < -0.4 is 4.74 Å².